The molecule has 1 heterocycles. The molecule has 3 atom stereocenters. The van der Waals surface area contributed by atoms with Crippen LogP contribution in [0, 0.1) is 12.8 Å². The first-order valence-electron chi connectivity index (χ1n) is 15.9. The number of ether oxygens (including phenoxy) is 2. The zero-order valence-corrected chi connectivity index (χ0v) is 26.8. The van der Waals surface area contributed by atoms with Gasteiger partial charge in [0.25, 0.3) is 0 Å². The highest BCUT2D eigenvalue weighted by Gasteiger charge is 2.46. The van der Waals surface area contributed by atoms with Gasteiger partial charge in [-0.15, -0.1) is 0 Å². The van der Waals surface area contributed by atoms with Gasteiger partial charge in [-0.25, -0.2) is 9.69 Å². The number of hydrogen-bond donors (Lipinski definition) is 1. The summed E-state index contributed by atoms with van der Waals surface area (Å²) < 4.78 is 10.9. The van der Waals surface area contributed by atoms with Crippen LogP contribution >= 0.6 is 0 Å². The van der Waals surface area contributed by atoms with E-state index < -0.39 is 41.8 Å². The molecule has 3 unspecified atom stereocenters. The second kappa shape index (κ2) is 17.1. The van der Waals surface area contributed by atoms with Gasteiger partial charge < -0.3 is 14.6 Å². The molecule has 1 aliphatic heterocycles. The lowest BCUT2D eigenvalue weighted by Gasteiger charge is -2.29. The molecule has 0 aromatic heterocycles. The fourth-order valence-corrected chi connectivity index (χ4v) is 5.72. The van der Waals surface area contributed by atoms with Crippen LogP contribution in [0.5, 0.6) is 0 Å². The third kappa shape index (κ3) is 9.56. The number of benzene rings is 3. The van der Waals surface area contributed by atoms with Crippen LogP contribution in [0.3, 0.4) is 0 Å². The second-order valence-electron chi connectivity index (χ2n) is 11.7. The predicted octanol–water partition coefficient (Wildman–Crippen LogP) is 5.97. The van der Waals surface area contributed by atoms with E-state index in [1.54, 1.807) is 66.7 Å². The molecule has 0 radical (unpaired) electrons. The SMILES string of the molecule is CC(=O)OC(C(=O)C=C(C(=O)CCCCCCO)c1cccc(C)c1)C(Cc1ccccc1)C(=O)N1C(=O)OCC1c1ccccc1. The molecule has 3 aromatic carbocycles. The number of imide groups is 1. The van der Waals surface area contributed by atoms with Gasteiger partial charge >= 0.3 is 12.1 Å². The number of aryl methyl sites for hydroxylation is 1. The Morgan fingerprint density at radius 1 is 0.936 bits per heavy atom. The lowest BCUT2D eigenvalue weighted by Crippen LogP contribution is -2.47. The first kappa shape index (κ1) is 35.0. The van der Waals surface area contributed by atoms with Crippen LogP contribution in [-0.2, 0) is 35.1 Å². The number of ketones is 2. The number of cyclic esters (lactones) is 1. The van der Waals surface area contributed by atoms with E-state index in [-0.39, 0.29) is 37.4 Å². The van der Waals surface area contributed by atoms with Crippen molar-refractivity contribution in [1.29, 1.82) is 0 Å². The Bertz CT molecular complexity index is 1580. The number of nitrogens with zero attached hydrogens (tertiary/aromatic N) is 1. The number of aliphatic hydroxyl groups is 1. The van der Waals surface area contributed by atoms with Crippen molar-refractivity contribution < 1.29 is 38.6 Å². The third-order valence-corrected chi connectivity index (χ3v) is 8.08. The normalized spacial score (nSPS) is 15.9. The summed E-state index contributed by atoms with van der Waals surface area (Å²) in [7, 11) is 0. The Morgan fingerprint density at radius 3 is 2.28 bits per heavy atom. The highest BCUT2D eigenvalue weighted by Crippen LogP contribution is 2.32. The molecule has 3 aromatic rings. The van der Waals surface area contributed by atoms with Gasteiger partial charge in [-0.3, -0.25) is 19.2 Å². The maximum absolute atomic E-state index is 14.4. The molecule has 0 aliphatic carbocycles. The maximum Gasteiger partial charge on any atom is 0.417 e. The molecule has 4 rings (SSSR count). The van der Waals surface area contributed by atoms with E-state index in [0.29, 0.717) is 29.5 Å². The van der Waals surface area contributed by atoms with Gasteiger partial charge in [-0.1, -0.05) is 103 Å². The van der Waals surface area contributed by atoms with Crippen molar-refractivity contribution in [2.75, 3.05) is 13.2 Å². The number of allylic oxidation sites excluding steroid dienone is 1. The quantitative estimate of drug-likeness (QED) is 0.115. The van der Waals surface area contributed by atoms with E-state index in [0.717, 1.165) is 30.2 Å². The van der Waals surface area contributed by atoms with Crippen molar-refractivity contribution in [3.8, 4) is 0 Å². The standard InChI is InChI=1S/C38H41NO8/c1-26-14-13-19-30(22-26)31(34(42)20-11-3-4-12-21-40)24-35(43)36(47-27(2)41)32(23-28-15-7-5-8-16-28)37(44)39-33(25-46-38(39)45)29-17-9-6-10-18-29/h5-10,13-19,22,24,32-33,36,40H,3-4,11-12,20-21,23,25H2,1-2H3. The van der Waals surface area contributed by atoms with Crippen LogP contribution in [0.4, 0.5) is 4.79 Å². The van der Waals surface area contributed by atoms with E-state index in [2.05, 4.69) is 0 Å². The van der Waals surface area contributed by atoms with Crippen molar-refractivity contribution in [3.05, 3.63) is 113 Å². The number of carbonyl (C=O) groups is 5. The summed E-state index contributed by atoms with van der Waals surface area (Å²) in [4.78, 5) is 68.8. The molecule has 246 valence electrons. The Kier molecular flexibility index (Phi) is 12.8. The average Bonchev–Trinajstić information content (AvgIpc) is 3.46. The average molecular weight is 640 g/mol. The van der Waals surface area contributed by atoms with E-state index in [9.17, 15) is 24.0 Å². The summed E-state index contributed by atoms with van der Waals surface area (Å²) in [5.74, 6) is -3.85. The lowest BCUT2D eigenvalue weighted by atomic mass is 9.87. The third-order valence-electron chi connectivity index (χ3n) is 8.08. The van der Waals surface area contributed by atoms with Crippen LogP contribution in [0.15, 0.2) is 91.0 Å². The van der Waals surface area contributed by atoms with Gasteiger partial charge in [-0.05, 0) is 49.0 Å². The largest absolute Gasteiger partial charge is 0.453 e. The van der Waals surface area contributed by atoms with Gasteiger partial charge in [0.05, 0.1) is 5.92 Å². The van der Waals surface area contributed by atoms with Crippen LogP contribution in [0.1, 0.15) is 67.3 Å². The molecule has 47 heavy (non-hydrogen) atoms. The molecule has 0 bridgehead atoms. The van der Waals surface area contributed by atoms with Crippen LogP contribution < -0.4 is 0 Å². The molecule has 9 heteroatoms. The molecular formula is C38H41NO8. The zero-order chi connectivity index (χ0) is 33.8. The van der Waals surface area contributed by atoms with Gasteiger partial charge in [0.2, 0.25) is 5.91 Å². The topological polar surface area (TPSA) is 127 Å². The minimum atomic E-state index is -1.64. The summed E-state index contributed by atoms with van der Waals surface area (Å²) in [6.45, 7) is 3.03. The number of aliphatic hydroxyl groups excluding tert-OH is 1. The van der Waals surface area contributed by atoms with Crippen molar-refractivity contribution in [1.82, 2.24) is 4.90 Å². The predicted molar refractivity (Wildman–Crippen MR) is 176 cm³/mol. The monoisotopic (exact) mass is 639 g/mol. The van der Waals surface area contributed by atoms with Crippen molar-refractivity contribution in [2.45, 2.75) is 64.5 Å². The number of carbonyl (C=O) groups excluding carboxylic acids is 5. The molecule has 1 saturated heterocycles. The Balaban J connectivity index is 1.75. The van der Waals surface area contributed by atoms with E-state index in [4.69, 9.17) is 14.6 Å². The number of unbranched alkanes of at least 4 members (excludes halogenated alkanes) is 3. The number of amides is 2. The molecule has 2 amide bonds. The minimum absolute atomic E-state index is 0.0267. The van der Waals surface area contributed by atoms with E-state index in [1.165, 1.54) is 6.08 Å². The van der Waals surface area contributed by atoms with Crippen LogP contribution in [0.2, 0.25) is 0 Å². The number of esters is 1. The highest BCUT2D eigenvalue weighted by molar-refractivity contribution is 6.25. The molecule has 0 saturated carbocycles. The second-order valence-corrected chi connectivity index (χ2v) is 11.7. The van der Waals surface area contributed by atoms with Gasteiger partial charge in [0, 0.05) is 25.5 Å². The summed E-state index contributed by atoms with van der Waals surface area (Å²) in [6, 6.07) is 24.3. The maximum atomic E-state index is 14.4. The zero-order valence-electron chi connectivity index (χ0n) is 26.8. The lowest BCUT2D eigenvalue weighted by molar-refractivity contribution is -0.158. The fourth-order valence-electron chi connectivity index (χ4n) is 5.72. The first-order valence-corrected chi connectivity index (χ1v) is 15.9. The molecule has 0 spiro atoms. The van der Waals surface area contributed by atoms with Crippen LogP contribution in [-0.4, -0.2) is 58.9 Å². The summed E-state index contributed by atoms with van der Waals surface area (Å²) in [5, 5.41) is 9.08. The van der Waals surface area contributed by atoms with Crippen LogP contribution in [0.25, 0.3) is 5.57 Å². The number of rotatable bonds is 16. The Labute approximate surface area is 275 Å². The van der Waals surface area contributed by atoms with E-state index >= 15 is 0 Å². The van der Waals surface area contributed by atoms with Crippen molar-refractivity contribution in [2.24, 2.45) is 5.92 Å². The van der Waals surface area contributed by atoms with Gasteiger partial charge in [-0.2, -0.15) is 0 Å². The minimum Gasteiger partial charge on any atom is -0.453 e. The molecule has 1 aliphatic rings. The first-order chi connectivity index (χ1) is 22.7. The molecule has 1 fully saturated rings. The summed E-state index contributed by atoms with van der Waals surface area (Å²) >= 11 is 0. The fraction of sp³-hybridized carbons (Fsp3) is 0.342. The van der Waals surface area contributed by atoms with Gasteiger partial charge in [0.15, 0.2) is 17.7 Å². The highest BCUT2D eigenvalue weighted by atomic mass is 16.6. The van der Waals surface area contributed by atoms with Gasteiger partial charge in [0.1, 0.15) is 12.6 Å². The Morgan fingerprint density at radius 2 is 1.62 bits per heavy atom. The molecular weight excluding hydrogens is 598 g/mol. The van der Waals surface area contributed by atoms with E-state index in [1.807, 2.05) is 25.1 Å². The molecule has 1 N–H and O–H groups in total. The summed E-state index contributed by atoms with van der Waals surface area (Å²) in [6.07, 6.45) is 1.53. The van der Waals surface area contributed by atoms with Crippen molar-refractivity contribution >= 4 is 35.1 Å². The molecule has 9 nitrogen and oxygen atoms in total. The summed E-state index contributed by atoms with van der Waals surface area (Å²) in [5.41, 5.74) is 2.91. The Hall–Kier alpha value is -4.89. The number of Topliss-reactive ketones (excluding diaryl/α,β-unsaturated/α-hetero) is 1. The number of hydrogen-bond acceptors (Lipinski definition) is 8. The smallest absolute Gasteiger partial charge is 0.417 e. The van der Waals surface area contributed by atoms with Crippen molar-refractivity contribution in [3.63, 3.8) is 0 Å².